The van der Waals surface area contributed by atoms with Crippen LogP contribution in [-0.2, 0) is 0 Å². The van der Waals surface area contributed by atoms with Crippen LogP contribution in [0.5, 0.6) is 0 Å². The molecule has 1 aromatic rings. The highest BCUT2D eigenvalue weighted by atomic mass is 16.3. The van der Waals surface area contributed by atoms with Gasteiger partial charge in [-0.05, 0) is 5.56 Å². The Bertz CT molecular complexity index is 450. The maximum absolute atomic E-state index is 10.1. The van der Waals surface area contributed by atoms with Gasteiger partial charge in [0.05, 0.1) is 12.0 Å². The molecule has 0 spiro atoms. The van der Waals surface area contributed by atoms with Crippen molar-refractivity contribution in [3.63, 3.8) is 0 Å². The van der Waals surface area contributed by atoms with E-state index in [0.717, 1.165) is 6.42 Å². The summed E-state index contributed by atoms with van der Waals surface area (Å²) in [5, 5.41) is 10.1. The van der Waals surface area contributed by atoms with Crippen molar-refractivity contribution in [2.75, 3.05) is 7.05 Å². The fourth-order valence-electron chi connectivity index (χ4n) is 3.13. The second-order valence-electron chi connectivity index (χ2n) is 4.68. The molecule has 4 rings (SSSR count). The van der Waals surface area contributed by atoms with Gasteiger partial charge in [0.15, 0.2) is 11.8 Å². The summed E-state index contributed by atoms with van der Waals surface area (Å²) in [7, 11) is 2.13. The number of fused-ring (bicyclic) bond motifs is 1. The van der Waals surface area contributed by atoms with Gasteiger partial charge < -0.3 is 5.11 Å². The molecule has 2 heteroatoms. The van der Waals surface area contributed by atoms with Crippen molar-refractivity contribution in [2.24, 2.45) is 0 Å². The summed E-state index contributed by atoms with van der Waals surface area (Å²) in [6, 6.07) is 8.89. The second kappa shape index (κ2) is 2.92. The number of hydrogen-bond acceptors (Lipinski definition) is 1. The third-order valence-electron chi connectivity index (χ3n) is 4.01. The van der Waals surface area contributed by atoms with Gasteiger partial charge in [-0.3, -0.25) is 0 Å². The normalized spacial score (nSPS) is 33.1. The molecule has 3 aliphatic rings. The van der Waals surface area contributed by atoms with Crippen molar-refractivity contribution in [1.82, 2.24) is 0 Å². The van der Waals surface area contributed by atoms with E-state index in [0.29, 0.717) is 6.04 Å². The number of hydrogen-bond donors (Lipinski definition) is 1. The smallest absolute Gasteiger partial charge is 0.180 e. The average molecular weight is 202 g/mol. The molecule has 0 radical (unpaired) electrons. The van der Waals surface area contributed by atoms with Gasteiger partial charge in [-0.15, -0.1) is 0 Å². The highest BCUT2D eigenvalue weighted by molar-refractivity contribution is 5.87. The van der Waals surface area contributed by atoms with E-state index in [1.54, 1.807) is 0 Å². The Kier molecular flexibility index (Phi) is 1.77. The molecule has 2 aliphatic heterocycles. The fourth-order valence-corrected chi connectivity index (χ4v) is 3.13. The van der Waals surface area contributed by atoms with E-state index in [4.69, 9.17) is 0 Å². The molecule has 3 atom stereocenters. The third-order valence-corrected chi connectivity index (χ3v) is 4.01. The minimum Gasteiger partial charge on any atom is -0.392 e. The monoisotopic (exact) mass is 202 g/mol. The zero-order valence-corrected chi connectivity index (χ0v) is 9.14. The Hall–Kier alpha value is -1.15. The first-order valence-electron chi connectivity index (χ1n) is 5.53. The molecule has 15 heavy (non-hydrogen) atoms. The lowest BCUT2D eigenvalue weighted by Crippen LogP contribution is -2.44. The Morgan fingerprint density at radius 2 is 1.93 bits per heavy atom. The number of aliphatic hydroxyl groups excluding tert-OH is 1. The maximum Gasteiger partial charge on any atom is 0.180 e. The Balaban J connectivity index is 2.26. The first-order chi connectivity index (χ1) is 7.20. The highest BCUT2D eigenvalue weighted by Crippen LogP contribution is 2.44. The SMILES string of the molecule is CC1=[N+](C)C2CC(O)C1c1ccccc12. The first-order valence-corrected chi connectivity index (χ1v) is 5.53. The summed E-state index contributed by atoms with van der Waals surface area (Å²) < 4.78 is 2.32. The molecule has 2 nitrogen and oxygen atoms in total. The van der Waals surface area contributed by atoms with E-state index in [-0.39, 0.29) is 12.0 Å². The van der Waals surface area contributed by atoms with Gasteiger partial charge in [-0.1, -0.05) is 24.3 Å². The minimum absolute atomic E-state index is 0.193. The lowest BCUT2D eigenvalue weighted by Gasteiger charge is -2.38. The van der Waals surface area contributed by atoms with Crippen molar-refractivity contribution in [2.45, 2.75) is 31.4 Å². The molecular weight excluding hydrogens is 186 g/mol. The van der Waals surface area contributed by atoms with Gasteiger partial charge in [0.25, 0.3) is 0 Å². The summed E-state index contributed by atoms with van der Waals surface area (Å²) in [5.74, 6) is 0.219. The van der Waals surface area contributed by atoms with Crippen LogP contribution in [0, 0.1) is 0 Å². The molecule has 0 saturated carbocycles. The van der Waals surface area contributed by atoms with Crippen LogP contribution in [0.4, 0.5) is 0 Å². The van der Waals surface area contributed by atoms with Crippen molar-refractivity contribution in [3.8, 4) is 0 Å². The van der Waals surface area contributed by atoms with Gasteiger partial charge in [0.2, 0.25) is 0 Å². The van der Waals surface area contributed by atoms with Crippen molar-refractivity contribution in [3.05, 3.63) is 35.4 Å². The van der Waals surface area contributed by atoms with Gasteiger partial charge in [0.1, 0.15) is 7.05 Å². The van der Waals surface area contributed by atoms with E-state index >= 15 is 0 Å². The van der Waals surface area contributed by atoms with E-state index in [1.807, 2.05) is 0 Å². The van der Waals surface area contributed by atoms with Crippen LogP contribution in [0.1, 0.15) is 36.4 Å². The molecule has 2 bridgehead atoms. The average Bonchev–Trinajstić information content (AvgIpc) is 2.24. The second-order valence-corrected chi connectivity index (χ2v) is 4.68. The molecule has 1 aromatic carbocycles. The lowest BCUT2D eigenvalue weighted by atomic mass is 9.72. The van der Waals surface area contributed by atoms with E-state index in [2.05, 4.69) is 42.8 Å². The van der Waals surface area contributed by atoms with E-state index in [9.17, 15) is 5.11 Å². The summed E-state index contributed by atoms with van der Waals surface area (Å²) in [6.45, 7) is 2.13. The molecule has 2 heterocycles. The Labute approximate surface area is 89.9 Å². The minimum atomic E-state index is -0.193. The fraction of sp³-hybridized carbons (Fsp3) is 0.462. The molecule has 0 saturated heterocycles. The molecular formula is C13H16NO+. The van der Waals surface area contributed by atoms with Crippen LogP contribution >= 0.6 is 0 Å². The number of benzene rings is 1. The van der Waals surface area contributed by atoms with Crippen LogP contribution in [-0.4, -0.2) is 28.5 Å². The van der Waals surface area contributed by atoms with Gasteiger partial charge >= 0.3 is 0 Å². The zero-order valence-electron chi connectivity index (χ0n) is 9.14. The van der Waals surface area contributed by atoms with Crippen LogP contribution in [0.25, 0.3) is 0 Å². The Morgan fingerprint density at radius 1 is 1.27 bits per heavy atom. The zero-order chi connectivity index (χ0) is 10.6. The van der Waals surface area contributed by atoms with E-state index < -0.39 is 0 Å². The van der Waals surface area contributed by atoms with Crippen molar-refractivity contribution >= 4 is 5.71 Å². The van der Waals surface area contributed by atoms with Crippen LogP contribution in [0.15, 0.2) is 24.3 Å². The first kappa shape index (κ1) is 9.10. The quantitative estimate of drug-likeness (QED) is 0.636. The lowest BCUT2D eigenvalue weighted by molar-refractivity contribution is -0.558. The largest absolute Gasteiger partial charge is 0.392 e. The topological polar surface area (TPSA) is 23.2 Å². The number of aliphatic hydroxyl groups is 1. The highest BCUT2D eigenvalue weighted by Gasteiger charge is 2.46. The van der Waals surface area contributed by atoms with Crippen LogP contribution in [0.2, 0.25) is 0 Å². The third kappa shape index (κ3) is 1.06. The molecule has 0 aromatic heterocycles. The molecule has 3 unspecified atom stereocenters. The van der Waals surface area contributed by atoms with Gasteiger partial charge in [-0.2, -0.15) is 0 Å². The summed E-state index contributed by atoms with van der Waals surface area (Å²) >= 11 is 0. The Morgan fingerprint density at radius 3 is 2.67 bits per heavy atom. The van der Waals surface area contributed by atoms with E-state index in [1.165, 1.54) is 16.8 Å². The predicted molar refractivity (Wildman–Crippen MR) is 59.4 cm³/mol. The molecule has 0 fully saturated rings. The number of nitrogens with zero attached hydrogens (tertiary/aromatic N) is 1. The predicted octanol–water partition coefficient (Wildman–Crippen LogP) is 1.69. The molecule has 1 aliphatic carbocycles. The molecule has 1 N–H and O–H groups in total. The molecule has 0 amide bonds. The standard InChI is InChI=1S/C13H16NO/c1-8-13-10-6-4-3-5-9(10)11(14(8)2)7-12(13)15/h3-6,11-13,15H,7H2,1-2H3/q+1. The summed E-state index contributed by atoms with van der Waals surface area (Å²) in [5.41, 5.74) is 4.04. The van der Waals surface area contributed by atoms with Crippen molar-refractivity contribution < 1.29 is 9.68 Å². The van der Waals surface area contributed by atoms with Gasteiger partial charge in [-0.25, -0.2) is 4.58 Å². The van der Waals surface area contributed by atoms with Crippen LogP contribution in [0.3, 0.4) is 0 Å². The summed E-state index contributed by atoms with van der Waals surface area (Å²) in [4.78, 5) is 0. The summed E-state index contributed by atoms with van der Waals surface area (Å²) in [6.07, 6.45) is 0.677. The van der Waals surface area contributed by atoms with Crippen LogP contribution < -0.4 is 0 Å². The molecule has 78 valence electrons. The van der Waals surface area contributed by atoms with Gasteiger partial charge in [0, 0.05) is 18.9 Å². The maximum atomic E-state index is 10.1. The number of rotatable bonds is 0. The van der Waals surface area contributed by atoms with Crippen molar-refractivity contribution in [1.29, 1.82) is 0 Å².